The Kier molecular flexibility index (Phi) is 4.24. The van der Waals surface area contributed by atoms with Crippen molar-refractivity contribution in [2.24, 2.45) is 0 Å². The molecule has 5 nitrogen and oxygen atoms in total. The molecule has 0 bridgehead atoms. The monoisotopic (exact) mass is 444 g/mol. The number of carbonyl (C=O) groups is 1. The van der Waals surface area contributed by atoms with E-state index in [1.54, 1.807) is 14.2 Å². The normalized spacial score (nSPS) is 19.0. The van der Waals surface area contributed by atoms with Gasteiger partial charge in [0.1, 0.15) is 0 Å². The molecular formula is C26H21ClN2O3. The summed E-state index contributed by atoms with van der Waals surface area (Å²) in [5.41, 5.74) is 6.01. The van der Waals surface area contributed by atoms with Crippen molar-refractivity contribution in [2.75, 3.05) is 20.8 Å². The molecule has 1 aromatic heterocycles. The molecule has 160 valence electrons. The van der Waals surface area contributed by atoms with E-state index in [4.69, 9.17) is 21.1 Å². The SMILES string of the molecule is COc1ccc2c(c1OC)C(=O)N1C[C@H](c3ccc(Cl)cc3)c3c([nH]c4ccccc34)[C@@H]21. The third kappa shape index (κ3) is 2.55. The predicted molar refractivity (Wildman–Crippen MR) is 124 cm³/mol. The standard InChI is InChI=1S/C26H21ClN2O3/c1-31-20-12-11-17-22(25(20)32-2)26(30)29-13-18(14-7-9-15(27)10-8-14)21-16-5-3-4-6-19(16)28-23(21)24(17)29/h3-12,18,24,28H,13H2,1-2H3/t18-,24-/m1/s1. The van der Waals surface area contributed by atoms with E-state index in [-0.39, 0.29) is 17.9 Å². The molecule has 2 aliphatic heterocycles. The minimum atomic E-state index is -0.191. The van der Waals surface area contributed by atoms with Gasteiger partial charge in [0, 0.05) is 34.1 Å². The maximum Gasteiger partial charge on any atom is 0.259 e. The van der Waals surface area contributed by atoms with Crippen LogP contribution < -0.4 is 9.47 Å². The van der Waals surface area contributed by atoms with Crippen LogP contribution in [-0.4, -0.2) is 36.6 Å². The van der Waals surface area contributed by atoms with Crippen molar-refractivity contribution in [1.82, 2.24) is 9.88 Å². The molecule has 4 aromatic rings. The number of rotatable bonds is 3. The van der Waals surface area contributed by atoms with Crippen LogP contribution in [-0.2, 0) is 0 Å². The van der Waals surface area contributed by atoms with Crippen LogP contribution in [0.3, 0.4) is 0 Å². The average molecular weight is 445 g/mol. The molecule has 6 rings (SSSR count). The van der Waals surface area contributed by atoms with E-state index in [0.717, 1.165) is 22.3 Å². The number of amides is 1. The Morgan fingerprint density at radius 2 is 1.78 bits per heavy atom. The van der Waals surface area contributed by atoms with Crippen LogP contribution in [0.25, 0.3) is 10.9 Å². The van der Waals surface area contributed by atoms with Crippen LogP contribution in [0.15, 0.2) is 60.7 Å². The summed E-state index contributed by atoms with van der Waals surface area (Å²) in [6.07, 6.45) is 0. The Morgan fingerprint density at radius 3 is 2.53 bits per heavy atom. The summed E-state index contributed by atoms with van der Waals surface area (Å²) in [7, 11) is 3.16. The van der Waals surface area contributed by atoms with Crippen molar-refractivity contribution in [3.8, 4) is 11.5 Å². The summed E-state index contributed by atoms with van der Waals surface area (Å²) >= 11 is 6.16. The second-order valence-corrected chi connectivity index (χ2v) is 8.66. The number of nitrogens with one attached hydrogen (secondary N) is 1. The lowest BCUT2D eigenvalue weighted by atomic mass is 9.83. The topological polar surface area (TPSA) is 54.6 Å². The largest absolute Gasteiger partial charge is 0.493 e. The van der Waals surface area contributed by atoms with Crippen molar-refractivity contribution in [2.45, 2.75) is 12.0 Å². The van der Waals surface area contributed by atoms with Gasteiger partial charge in [-0.05, 0) is 41.0 Å². The first-order chi connectivity index (χ1) is 15.6. The lowest BCUT2D eigenvalue weighted by molar-refractivity contribution is 0.0725. The zero-order valence-corrected chi connectivity index (χ0v) is 18.4. The first kappa shape index (κ1) is 19.3. The van der Waals surface area contributed by atoms with Crippen LogP contribution in [0.2, 0.25) is 5.02 Å². The molecule has 3 aromatic carbocycles. The number of ether oxygens (including phenoxy) is 2. The van der Waals surface area contributed by atoms with Crippen molar-refractivity contribution in [3.63, 3.8) is 0 Å². The number of carbonyl (C=O) groups excluding carboxylic acids is 1. The van der Waals surface area contributed by atoms with E-state index in [1.165, 1.54) is 10.9 Å². The minimum absolute atomic E-state index is 0.0285. The van der Waals surface area contributed by atoms with Crippen molar-refractivity contribution in [3.05, 3.63) is 93.6 Å². The highest BCUT2D eigenvalue weighted by Crippen LogP contribution is 2.52. The summed E-state index contributed by atoms with van der Waals surface area (Å²) in [4.78, 5) is 19.3. The molecule has 0 unspecified atom stereocenters. The summed E-state index contributed by atoms with van der Waals surface area (Å²) in [5, 5.41) is 1.88. The van der Waals surface area contributed by atoms with Crippen molar-refractivity contribution in [1.29, 1.82) is 0 Å². The molecule has 0 saturated carbocycles. The number of aromatic nitrogens is 1. The van der Waals surface area contributed by atoms with E-state index < -0.39 is 0 Å². The molecule has 0 saturated heterocycles. The van der Waals surface area contributed by atoms with Crippen molar-refractivity contribution < 1.29 is 14.3 Å². The minimum Gasteiger partial charge on any atom is -0.493 e. The number of hydrogen-bond acceptors (Lipinski definition) is 3. The third-order valence-electron chi connectivity index (χ3n) is 6.71. The van der Waals surface area contributed by atoms with E-state index in [1.807, 2.05) is 35.2 Å². The van der Waals surface area contributed by atoms with Gasteiger partial charge < -0.3 is 19.4 Å². The highest BCUT2D eigenvalue weighted by molar-refractivity contribution is 6.30. The number of methoxy groups -OCH3 is 2. The van der Waals surface area contributed by atoms with Gasteiger partial charge in [0.2, 0.25) is 0 Å². The quantitative estimate of drug-likeness (QED) is 0.452. The number of hydrogen-bond donors (Lipinski definition) is 1. The van der Waals surface area contributed by atoms with Gasteiger partial charge in [-0.3, -0.25) is 4.79 Å². The highest BCUT2D eigenvalue weighted by Gasteiger charge is 2.47. The summed E-state index contributed by atoms with van der Waals surface area (Å²) in [5.74, 6) is 1.04. The number of aromatic amines is 1. The highest BCUT2D eigenvalue weighted by atomic mass is 35.5. The maximum absolute atomic E-state index is 13.7. The molecule has 0 fully saturated rings. The first-order valence-corrected chi connectivity index (χ1v) is 10.9. The predicted octanol–water partition coefficient (Wildman–Crippen LogP) is 5.53. The fraction of sp³-hybridized carbons (Fsp3) is 0.192. The van der Waals surface area contributed by atoms with E-state index >= 15 is 0 Å². The van der Waals surface area contributed by atoms with E-state index in [2.05, 4.69) is 35.3 Å². The average Bonchev–Trinajstić information content (AvgIpc) is 3.34. The zero-order valence-electron chi connectivity index (χ0n) is 17.7. The summed E-state index contributed by atoms with van der Waals surface area (Å²) in [6, 6.07) is 19.9. The van der Waals surface area contributed by atoms with Gasteiger partial charge in [0.25, 0.3) is 5.91 Å². The van der Waals surface area contributed by atoms with Crippen LogP contribution >= 0.6 is 11.6 Å². The fourth-order valence-electron chi connectivity index (χ4n) is 5.35. The molecule has 0 spiro atoms. The Hall–Kier alpha value is -3.44. The lowest BCUT2D eigenvalue weighted by Gasteiger charge is -2.36. The molecule has 0 radical (unpaired) electrons. The van der Waals surface area contributed by atoms with Crippen LogP contribution in [0.1, 0.15) is 44.7 Å². The van der Waals surface area contributed by atoms with Gasteiger partial charge in [-0.15, -0.1) is 0 Å². The molecule has 6 heteroatoms. The second kappa shape index (κ2) is 7.04. The summed E-state index contributed by atoms with van der Waals surface area (Å²) in [6.45, 7) is 0.570. The molecule has 0 aliphatic carbocycles. The molecule has 1 amide bonds. The van der Waals surface area contributed by atoms with Gasteiger partial charge in [0.05, 0.1) is 25.8 Å². The van der Waals surface area contributed by atoms with E-state index in [9.17, 15) is 4.79 Å². The fourth-order valence-corrected chi connectivity index (χ4v) is 5.48. The van der Waals surface area contributed by atoms with Crippen LogP contribution in [0, 0.1) is 0 Å². The first-order valence-electron chi connectivity index (χ1n) is 10.5. The molecule has 2 atom stereocenters. The van der Waals surface area contributed by atoms with Gasteiger partial charge >= 0.3 is 0 Å². The van der Waals surface area contributed by atoms with Gasteiger partial charge in [0.15, 0.2) is 11.5 Å². The number of halogens is 1. The van der Waals surface area contributed by atoms with Crippen molar-refractivity contribution >= 4 is 28.4 Å². The Bertz CT molecular complexity index is 1380. The number of H-pyrrole nitrogens is 1. The zero-order chi connectivity index (χ0) is 22.0. The lowest BCUT2D eigenvalue weighted by Crippen LogP contribution is -2.37. The molecular weight excluding hydrogens is 424 g/mol. The molecule has 2 aliphatic rings. The molecule has 1 N–H and O–H groups in total. The molecule has 3 heterocycles. The molecule has 32 heavy (non-hydrogen) atoms. The van der Waals surface area contributed by atoms with Gasteiger partial charge in [-0.25, -0.2) is 0 Å². The number of nitrogens with zero attached hydrogens (tertiary/aromatic N) is 1. The Morgan fingerprint density at radius 1 is 1.00 bits per heavy atom. The van der Waals surface area contributed by atoms with Gasteiger partial charge in [-0.1, -0.05) is 48.0 Å². The maximum atomic E-state index is 13.7. The number of benzene rings is 3. The number of para-hydroxylation sites is 1. The van der Waals surface area contributed by atoms with Crippen LogP contribution in [0.4, 0.5) is 0 Å². The second-order valence-electron chi connectivity index (χ2n) is 8.23. The number of fused-ring (bicyclic) bond motifs is 7. The van der Waals surface area contributed by atoms with Gasteiger partial charge in [-0.2, -0.15) is 0 Å². The van der Waals surface area contributed by atoms with Crippen LogP contribution in [0.5, 0.6) is 11.5 Å². The summed E-state index contributed by atoms with van der Waals surface area (Å²) < 4.78 is 11.1. The third-order valence-corrected chi connectivity index (χ3v) is 6.96. The van der Waals surface area contributed by atoms with E-state index in [0.29, 0.717) is 28.6 Å². The smallest absolute Gasteiger partial charge is 0.259 e. The Balaban J connectivity index is 1.61. The Labute approximate surface area is 190 Å².